The van der Waals surface area contributed by atoms with Crippen molar-refractivity contribution in [3.63, 3.8) is 0 Å². The van der Waals surface area contributed by atoms with Crippen LogP contribution in [0.15, 0.2) is 42.5 Å². The van der Waals surface area contributed by atoms with Crippen molar-refractivity contribution >= 4 is 17.7 Å². The molecular formula is C20H19N3O7. The molecule has 0 radical (unpaired) electrons. The number of nitrogens with zero attached hydrogens (tertiary/aromatic N) is 3. The van der Waals surface area contributed by atoms with Gasteiger partial charge < -0.3 is 14.7 Å². The summed E-state index contributed by atoms with van der Waals surface area (Å²) in [6.45, 7) is 1.96. The monoisotopic (exact) mass is 413 g/mol. The molecule has 10 heteroatoms. The number of esters is 1. The summed E-state index contributed by atoms with van der Waals surface area (Å²) in [6, 6.07) is 9.24. The van der Waals surface area contributed by atoms with Gasteiger partial charge in [-0.3, -0.25) is 15.0 Å². The van der Waals surface area contributed by atoms with Crippen LogP contribution in [0.2, 0.25) is 0 Å². The van der Waals surface area contributed by atoms with Gasteiger partial charge in [0.15, 0.2) is 11.8 Å². The molecule has 2 aromatic carbocycles. The molecule has 2 atom stereocenters. The van der Waals surface area contributed by atoms with Gasteiger partial charge in [0, 0.05) is 6.07 Å². The first-order valence-corrected chi connectivity index (χ1v) is 9.36. The Kier molecular flexibility index (Phi) is 5.00. The predicted octanol–water partition coefficient (Wildman–Crippen LogP) is 2.83. The van der Waals surface area contributed by atoms with Crippen molar-refractivity contribution < 1.29 is 29.2 Å². The third kappa shape index (κ3) is 3.20. The summed E-state index contributed by atoms with van der Waals surface area (Å²) in [7, 11) is 0. The van der Waals surface area contributed by atoms with E-state index >= 15 is 0 Å². The van der Waals surface area contributed by atoms with E-state index in [9.17, 15) is 24.8 Å². The predicted molar refractivity (Wildman–Crippen MR) is 102 cm³/mol. The number of ether oxygens (including phenoxy) is 1. The minimum absolute atomic E-state index is 0.0878. The number of hydrogen-bond acceptors (Lipinski definition) is 7. The van der Waals surface area contributed by atoms with Crippen LogP contribution in [0.1, 0.15) is 35.7 Å². The Hall–Kier alpha value is -3.66. The lowest BCUT2D eigenvalue weighted by atomic mass is 9.90. The zero-order valence-corrected chi connectivity index (χ0v) is 16.1. The number of nitro groups is 1. The second kappa shape index (κ2) is 7.64. The van der Waals surface area contributed by atoms with Gasteiger partial charge in [0.25, 0.3) is 0 Å². The highest BCUT2D eigenvalue weighted by atomic mass is 16.7. The summed E-state index contributed by atoms with van der Waals surface area (Å²) in [4.78, 5) is 43.2. The summed E-state index contributed by atoms with van der Waals surface area (Å²) < 4.78 is 5.11. The second-order valence-corrected chi connectivity index (χ2v) is 6.92. The molecule has 0 aromatic heterocycles. The van der Waals surface area contributed by atoms with Crippen LogP contribution in [0.3, 0.4) is 0 Å². The molecule has 0 saturated carbocycles. The van der Waals surface area contributed by atoms with Gasteiger partial charge in [-0.1, -0.05) is 30.3 Å². The van der Waals surface area contributed by atoms with E-state index in [1.54, 1.807) is 6.92 Å². The maximum Gasteiger partial charge on any atom is 0.345 e. The minimum atomic E-state index is -1.16. The highest BCUT2D eigenvalue weighted by Gasteiger charge is 2.52. The van der Waals surface area contributed by atoms with E-state index < -0.39 is 40.4 Å². The SMILES string of the molecule is CCOC(=O)C1c2cc([N+](=O)[O-])c(O)cc2C2CN1C(=O)N2OCc1ccccc1. The molecule has 2 bridgehead atoms. The van der Waals surface area contributed by atoms with Gasteiger partial charge in [0.1, 0.15) is 12.6 Å². The van der Waals surface area contributed by atoms with Gasteiger partial charge >= 0.3 is 17.7 Å². The zero-order chi connectivity index (χ0) is 21.4. The van der Waals surface area contributed by atoms with Crippen LogP contribution in [0, 0.1) is 10.1 Å². The molecule has 156 valence electrons. The molecular weight excluding hydrogens is 394 g/mol. The fourth-order valence-corrected chi connectivity index (χ4v) is 3.83. The molecule has 2 aliphatic rings. The van der Waals surface area contributed by atoms with E-state index in [4.69, 9.17) is 9.57 Å². The third-order valence-electron chi connectivity index (χ3n) is 5.15. The second-order valence-electron chi connectivity index (χ2n) is 6.92. The van der Waals surface area contributed by atoms with Crippen LogP contribution in [0.25, 0.3) is 0 Å². The number of hydroxylamine groups is 2. The van der Waals surface area contributed by atoms with Crippen molar-refractivity contribution in [3.05, 3.63) is 69.3 Å². The molecule has 10 nitrogen and oxygen atoms in total. The largest absolute Gasteiger partial charge is 0.502 e. The Labute approximate surface area is 171 Å². The first-order valence-electron chi connectivity index (χ1n) is 9.36. The number of aromatic hydroxyl groups is 1. The van der Waals surface area contributed by atoms with Gasteiger partial charge in [-0.25, -0.2) is 9.59 Å². The van der Waals surface area contributed by atoms with Crippen LogP contribution >= 0.6 is 0 Å². The third-order valence-corrected chi connectivity index (χ3v) is 5.15. The molecule has 2 aromatic rings. The lowest BCUT2D eigenvalue weighted by Gasteiger charge is -2.31. The maximum absolute atomic E-state index is 13.0. The van der Waals surface area contributed by atoms with E-state index in [1.165, 1.54) is 11.0 Å². The van der Waals surface area contributed by atoms with Gasteiger partial charge in [0.05, 0.1) is 18.1 Å². The molecule has 0 spiro atoms. The molecule has 30 heavy (non-hydrogen) atoms. The van der Waals surface area contributed by atoms with Crippen LogP contribution in [-0.4, -0.2) is 45.1 Å². The number of fused-ring (bicyclic) bond motifs is 4. The minimum Gasteiger partial charge on any atom is -0.502 e. The van der Waals surface area contributed by atoms with E-state index in [-0.39, 0.29) is 25.3 Å². The van der Waals surface area contributed by atoms with Crippen molar-refractivity contribution in [2.24, 2.45) is 0 Å². The zero-order valence-electron chi connectivity index (χ0n) is 16.1. The fraction of sp³-hybridized carbons (Fsp3) is 0.300. The molecule has 1 fully saturated rings. The summed E-state index contributed by atoms with van der Waals surface area (Å²) >= 11 is 0. The lowest BCUT2D eigenvalue weighted by Crippen LogP contribution is -2.39. The number of rotatable bonds is 6. The van der Waals surface area contributed by atoms with Crippen LogP contribution in [0.4, 0.5) is 10.5 Å². The van der Waals surface area contributed by atoms with Crippen LogP contribution in [0.5, 0.6) is 5.75 Å². The molecule has 2 aliphatic heterocycles. The van der Waals surface area contributed by atoms with Crippen LogP contribution in [-0.2, 0) is 21.0 Å². The number of phenols is 1. The standard InChI is InChI=1S/C20H19N3O7/c1-2-29-19(25)18-14-8-15(23(27)28)17(24)9-13(14)16-10-21(18)20(26)22(16)30-11-12-6-4-3-5-7-12/h3-9,16,18,24H,2,10-11H2,1H3. The number of nitro benzene ring substituents is 1. The Balaban J connectivity index is 1.74. The Morgan fingerprint density at radius 3 is 2.67 bits per heavy atom. The average Bonchev–Trinajstić information content (AvgIpc) is 3.00. The highest BCUT2D eigenvalue weighted by Crippen LogP contribution is 2.47. The Morgan fingerprint density at radius 2 is 2.00 bits per heavy atom. The Bertz CT molecular complexity index is 1010. The number of benzene rings is 2. The summed E-state index contributed by atoms with van der Waals surface area (Å²) in [5, 5.41) is 22.6. The molecule has 2 amide bonds. The quantitative estimate of drug-likeness (QED) is 0.439. The number of carbonyl (C=O) groups is 2. The van der Waals surface area contributed by atoms with E-state index in [1.807, 2.05) is 30.3 Å². The number of carbonyl (C=O) groups excluding carboxylic acids is 2. The normalized spacial score (nSPS) is 19.6. The summed E-state index contributed by atoms with van der Waals surface area (Å²) in [5.74, 6) is -1.24. The smallest absolute Gasteiger partial charge is 0.345 e. The van der Waals surface area contributed by atoms with Gasteiger partial charge in [-0.05, 0) is 29.7 Å². The van der Waals surface area contributed by atoms with Crippen molar-refractivity contribution in [1.82, 2.24) is 9.96 Å². The summed E-state index contributed by atoms with van der Waals surface area (Å²) in [6.07, 6.45) is 0. The number of phenolic OH excluding ortho intramolecular Hbond substituents is 1. The van der Waals surface area contributed by atoms with Crippen molar-refractivity contribution in [2.75, 3.05) is 13.2 Å². The molecule has 4 rings (SSSR count). The van der Waals surface area contributed by atoms with E-state index in [0.29, 0.717) is 5.56 Å². The van der Waals surface area contributed by atoms with Gasteiger partial charge in [0.2, 0.25) is 0 Å². The Morgan fingerprint density at radius 1 is 1.27 bits per heavy atom. The highest BCUT2D eigenvalue weighted by molar-refractivity contribution is 5.88. The molecule has 0 aliphatic carbocycles. The molecule has 1 saturated heterocycles. The van der Waals surface area contributed by atoms with E-state index in [2.05, 4.69) is 0 Å². The van der Waals surface area contributed by atoms with Crippen molar-refractivity contribution in [3.8, 4) is 5.75 Å². The number of urea groups is 1. The molecule has 2 heterocycles. The van der Waals surface area contributed by atoms with Crippen molar-refractivity contribution in [1.29, 1.82) is 0 Å². The van der Waals surface area contributed by atoms with Crippen LogP contribution < -0.4 is 0 Å². The maximum atomic E-state index is 13.0. The number of hydrogen-bond donors (Lipinski definition) is 1. The van der Waals surface area contributed by atoms with Crippen molar-refractivity contribution in [2.45, 2.75) is 25.6 Å². The average molecular weight is 413 g/mol. The lowest BCUT2D eigenvalue weighted by molar-refractivity contribution is -0.386. The topological polar surface area (TPSA) is 122 Å². The fourth-order valence-electron chi connectivity index (χ4n) is 3.83. The van der Waals surface area contributed by atoms with E-state index in [0.717, 1.165) is 16.7 Å². The van der Waals surface area contributed by atoms with Gasteiger partial charge in [-0.15, -0.1) is 0 Å². The first kappa shape index (κ1) is 19.6. The first-order chi connectivity index (χ1) is 14.4. The molecule has 1 N–H and O–H groups in total. The molecule has 2 unspecified atom stereocenters. The summed E-state index contributed by atoms with van der Waals surface area (Å²) in [5.41, 5.74) is 0.949. The van der Waals surface area contributed by atoms with Gasteiger partial charge in [-0.2, -0.15) is 5.06 Å². The number of amides is 2.